The van der Waals surface area contributed by atoms with Gasteiger partial charge in [0.1, 0.15) is 10.8 Å². The van der Waals surface area contributed by atoms with E-state index in [9.17, 15) is 18.8 Å². The summed E-state index contributed by atoms with van der Waals surface area (Å²) in [5, 5.41) is 8.69. The van der Waals surface area contributed by atoms with Crippen molar-refractivity contribution in [1.29, 1.82) is 0 Å². The normalized spacial score (nSPS) is 10.7. The molecule has 0 aliphatic carbocycles. The lowest BCUT2D eigenvalue weighted by molar-refractivity contribution is 0.0520. The van der Waals surface area contributed by atoms with E-state index < -0.39 is 23.4 Å². The summed E-state index contributed by atoms with van der Waals surface area (Å²) < 4.78 is 24.1. The summed E-state index contributed by atoms with van der Waals surface area (Å²) in [6.45, 7) is 3.57. The number of halogens is 1. The monoisotopic (exact) mass is 405 g/mol. The Labute approximate surface area is 162 Å². The van der Waals surface area contributed by atoms with Crippen molar-refractivity contribution >= 4 is 39.2 Å². The molecule has 0 radical (unpaired) electrons. The second kappa shape index (κ2) is 8.17. The second-order valence-corrected chi connectivity index (χ2v) is 6.34. The maximum atomic E-state index is 13.3. The Morgan fingerprint density at radius 2 is 1.86 bits per heavy atom. The standard InChI is InChI=1S/C18H16FN3O5S/c1-3-26-17(24)14-12-9-28-15(20-18(25)27-4-2)13(12)16(23)22(21-14)11-7-5-10(19)6-8-11/h5-9H,3-4H2,1-2H3,(H,20,25). The smallest absolute Gasteiger partial charge is 0.412 e. The van der Waals surface area contributed by atoms with E-state index in [-0.39, 0.29) is 40.4 Å². The van der Waals surface area contributed by atoms with Gasteiger partial charge in [-0.3, -0.25) is 10.1 Å². The lowest BCUT2D eigenvalue weighted by Gasteiger charge is -2.10. The van der Waals surface area contributed by atoms with Gasteiger partial charge in [0.15, 0.2) is 5.69 Å². The lowest BCUT2D eigenvalue weighted by Crippen LogP contribution is -2.25. The van der Waals surface area contributed by atoms with Crippen LogP contribution in [-0.2, 0) is 9.47 Å². The number of esters is 1. The molecule has 2 heterocycles. The number of anilines is 1. The number of ether oxygens (including phenoxy) is 2. The van der Waals surface area contributed by atoms with Gasteiger partial charge >= 0.3 is 12.1 Å². The van der Waals surface area contributed by atoms with Crippen molar-refractivity contribution in [3.05, 3.63) is 51.5 Å². The predicted octanol–water partition coefficient (Wildman–Crippen LogP) is 3.33. The average Bonchev–Trinajstić information content (AvgIpc) is 3.07. The minimum Gasteiger partial charge on any atom is -0.461 e. The van der Waals surface area contributed by atoms with Crippen LogP contribution in [0.2, 0.25) is 0 Å². The summed E-state index contributed by atoms with van der Waals surface area (Å²) in [5.74, 6) is -1.20. The summed E-state index contributed by atoms with van der Waals surface area (Å²) in [7, 11) is 0. The van der Waals surface area contributed by atoms with E-state index in [1.54, 1.807) is 13.8 Å². The number of nitrogens with one attached hydrogen (secondary N) is 1. The van der Waals surface area contributed by atoms with Crippen molar-refractivity contribution in [2.75, 3.05) is 18.5 Å². The van der Waals surface area contributed by atoms with Gasteiger partial charge in [-0.05, 0) is 38.1 Å². The Hall–Kier alpha value is -3.27. The molecule has 0 spiro atoms. The fourth-order valence-electron chi connectivity index (χ4n) is 2.51. The summed E-state index contributed by atoms with van der Waals surface area (Å²) >= 11 is 1.05. The number of thiophene rings is 1. The zero-order valence-electron chi connectivity index (χ0n) is 15.0. The molecule has 0 fully saturated rings. The van der Waals surface area contributed by atoms with Crippen LogP contribution in [0.15, 0.2) is 34.4 Å². The van der Waals surface area contributed by atoms with E-state index in [0.29, 0.717) is 0 Å². The molecule has 3 aromatic rings. The SMILES string of the molecule is CCOC(=O)Nc1scc2c(C(=O)OCC)nn(-c3ccc(F)cc3)c(=O)c12. The van der Waals surface area contributed by atoms with Crippen LogP contribution in [0.5, 0.6) is 0 Å². The van der Waals surface area contributed by atoms with Gasteiger partial charge < -0.3 is 9.47 Å². The molecule has 0 bridgehead atoms. The van der Waals surface area contributed by atoms with Crippen LogP contribution in [0.4, 0.5) is 14.2 Å². The van der Waals surface area contributed by atoms with Crippen molar-refractivity contribution in [3.8, 4) is 5.69 Å². The molecule has 0 saturated carbocycles. The Morgan fingerprint density at radius 3 is 2.50 bits per heavy atom. The van der Waals surface area contributed by atoms with Gasteiger partial charge in [-0.15, -0.1) is 11.3 Å². The molecule has 1 N–H and O–H groups in total. The highest BCUT2D eigenvalue weighted by atomic mass is 32.1. The number of hydrogen-bond acceptors (Lipinski definition) is 7. The van der Waals surface area contributed by atoms with Crippen molar-refractivity contribution in [3.63, 3.8) is 0 Å². The van der Waals surface area contributed by atoms with Gasteiger partial charge in [0.2, 0.25) is 0 Å². The molecule has 8 nitrogen and oxygen atoms in total. The molecule has 28 heavy (non-hydrogen) atoms. The molecular weight excluding hydrogens is 389 g/mol. The largest absolute Gasteiger partial charge is 0.461 e. The first-order chi connectivity index (χ1) is 13.5. The number of carbonyl (C=O) groups is 2. The van der Waals surface area contributed by atoms with Crippen LogP contribution >= 0.6 is 11.3 Å². The third-order valence-electron chi connectivity index (χ3n) is 3.68. The molecule has 10 heteroatoms. The van der Waals surface area contributed by atoms with Crippen LogP contribution in [0.1, 0.15) is 24.3 Å². The predicted molar refractivity (Wildman–Crippen MR) is 102 cm³/mol. The molecule has 0 unspecified atom stereocenters. The summed E-state index contributed by atoms with van der Waals surface area (Å²) in [4.78, 5) is 37.2. The Kier molecular flexibility index (Phi) is 5.69. The molecule has 146 valence electrons. The molecular formula is C18H16FN3O5S. The average molecular weight is 405 g/mol. The summed E-state index contributed by atoms with van der Waals surface area (Å²) in [6, 6.07) is 5.05. The minimum absolute atomic E-state index is 0.0837. The summed E-state index contributed by atoms with van der Waals surface area (Å²) in [6.07, 6.45) is -0.728. The van der Waals surface area contributed by atoms with Crippen molar-refractivity contribution in [2.24, 2.45) is 0 Å². The fraction of sp³-hybridized carbons (Fsp3) is 0.222. The van der Waals surface area contributed by atoms with Crippen LogP contribution in [0, 0.1) is 5.82 Å². The third-order valence-corrected chi connectivity index (χ3v) is 4.58. The number of aromatic nitrogens is 2. The maximum Gasteiger partial charge on any atom is 0.412 e. The topological polar surface area (TPSA) is 99.5 Å². The highest BCUT2D eigenvalue weighted by Crippen LogP contribution is 2.30. The number of fused-ring (bicyclic) bond motifs is 1. The first kappa shape index (κ1) is 19.5. The molecule has 0 atom stereocenters. The molecule has 3 rings (SSSR count). The molecule has 0 aliphatic heterocycles. The molecule has 2 aromatic heterocycles. The lowest BCUT2D eigenvalue weighted by atomic mass is 10.2. The van der Waals surface area contributed by atoms with E-state index in [2.05, 4.69) is 10.4 Å². The van der Waals surface area contributed by atoms with Crippen molar-refractivity contribution in [1.82, 2.24) is 9.78 Å². The molecule has 1 aromatic carbocycles. The van der Waals surface area contributed by atoms with E-state index >= 15 is 0 Å². The molecule has 0 aliphatic rings. The van der Waals surface area contributed by atoms with E-state index in [0.717, 1.165) is 16.0 Å². The summed E-state index contributed by atoms with van der Waals surface area (Å²) in [5.41, 5.74) is -0.413. The maximum absolute atomic E-state index is 13.3. The fourth-order valence-corrected chi connectivity index (χ4v) is 3.43. The van der Waals surface area contributed by atoms with E-state index in [1.165, 1.54) is 29.6 Å². The van der Waals surface area contributed by atoms with Crippen molar-refractivity contribution in [2.45, 2.75) is 13.8 Å². The van der Waals surface area contributed by atoms with E-state index in [1.807, 2.05) is 0 Å². The van der Waals surface area contributed by atoms with Crippen LogP contribution in [0.25, 0.3) is 16.5 Å². The van der Waals surface area contributed by atoms with Gasteiger partial charge in [0, 0.05) is 10.8 Å². The van der Waals surface area contributed by atoms with Gasteiger partial charge in [-0.25, -0.2) is 14.0 Å². The van der Waals surface area contributed by atoms with Crippen LogP contribution in [-0.4, -0.2) is 35.1 Å². The number of hydrogen-bond donors (Lipinski definition) is 1. The Morgan fingerprint density at radius 1 is 1.18 bits per heavy atom. The second-order valence-electron chi connectivity index (χ2n) is 5.46. The van der Waals surface area contributed by atoms with Gasteiger partial charge in [-0.1, -0.05) is 0 Å². The number of carbonyl (C=O) groups excluding carboxylic acids is 2. The van der Waals surface area contributed by atoms with Crippen molar-refractivity contribution < 1.29 is 23.5 Å². The Balaban J connectivity index is 2.24. The number of amides is 1. The van der Waals surface area contributed by atoms with Gasteiger partial charge in [0.05, 0.1) is 24.3 Å². The third kappa shape index (κ3) is 3.72. The van der Waals surface area contributed by atoms with Gasteiger partial charge in [-0.2, -0.15) is 9.78 Å². The Bertz CT molecular complexity index is 1090. The first-order valence-corrected chi connectivity index (χ1v) is 9.25. The van der Waals surface area contributed by atoms with Gasteiger partial charge in [0.25, 0.3) is 5.56 Å². The number of nitrogens with zero attached hydrogens (tertiary/aromatic N) is 2. The zero-order chi connectivity index (χ0) is 20.3. The number of benzene rings is 1. The highest BCUT2D eigenvalue weighted by Gasteiger charge is 2.23. The molecule has 0 saturated heterocycles. The zero-order valence-corrected chi connectivity index (χ0v) is 15.8. The van der Waals surface area contributed by atoms with Crippen LogP contribution in [0.3, 0.4) is 0 Å². The number of rotatable bonds is 5. The van der Waals surface area contributed by atoms with E-state index in [4.69, 9.17) is 9.47 Å². The minimum atomic E-state index is -0.728. The highest BCUT2D eigenvalue weighted by molar-refractivity contribution is 7.16. The van der Waals surface area contributed by atoms with Crippen LogP contribution < -0.4 is 10.9 Å². The quantitative estimate of drug-likeness (QED) is 0.654. The first-order valence-electron chi connectivity index (χ1n) is 8.37. The molecule has 1 amide bonds.